The third-order valence-corrected chi connectivity index (χ3v) is 6.28. The van der Waals surface area contributed by atoms with Crippen LogP contribution < -0.4 is 4.90 Å². The van der Waals surface area contributed by atoms with E-state index in [0.717, 1.165) is 29.5 Å². The Morgan fingerprint density at radius 1 is 1.03 bits per heavy atom. The Labute approximate surface area is 182 Å². The Morgan fingerprint density at radius 2 is 1.84 bits per heavy atom. The summed E-state index contributed by atoms with van der Waals surface area (Å²) in [6.07, 6.45) is 2.07. The van der Waals surface area contributed by atoms with Crippen LogP contribution in [0.5, 0.6) is 0 Å². The van der Waals surface area contributed by atoms with Crippen LogP contribution in [0.3, 0.4) is 0 Å². The van der Waals surface area contributed by atoms with Crippen molar-refractivity contribution < 1.29 is 18.0 Å². The van der Waals surface area contributed by atoms with E-state index in [2.05, 4.69) is 20.3 Å². The second kappa shape index (κ2) is 8.03. The zero-order chi connectivity index (χ0) is 22.3. The molecule has 5 heterocycles. The van der Waals surface area contributed by atoms with E-state index in [9.17, 15) is 18.0 Å². The number of halogens is 3. The van der Waals surface area contributed by atoms with Crippen LogP contribution in [0.15, 0.2) is 36.7 Å². The van der Waals surface area contributed by atoms with Crippen molar-refractivity contribution in [3.63, 3.8) is 0 Å². The zero-order valence-corrected chi connectivity index (χ0v) is 17.2. The second-order valence-electron chi connectivity index (χ2n) is 8.22. The summed E-state index contributed by atoms with van der Waals surface area (Å²) >= 11 is 0. The van der Waals surface area contributed by atoms with Gasteiger partial charge in [-0.3, -0.25) is 9.78 Å². The summed E-state index contributed by atoms with van der Waals surface area (Å²) in [7, 11) is 0. The summed E-state index contributed by atoms with van der Waals surface area (Å²) in [4.78, 5) is 21.3. The Bertz CT molecular complexity index is 1110. The summed E-state index contributed by atoms with van der Waals surface area (Å²) in [5, 5.41) is 10.9. The molecule has 32 heavy (non-hydrogen) atoms. The molecule has 2 aliphatic rings. The summed E-state index contributed by atoms with van der Waals surface area (Å²) < 4.78 is 40.2. The van der Waals surface area contributed by atoms with E-state index in [1.54, 1.807) is 12.3 Å². The highest BCUT2D eigenvalue weighted by molar-refractivity contribution is 5.80. The quantitative estimate of drug-likeness (QED) is 0.617. The van der Waals surface area contributed by atoms with Crippen molar-refractivity contribution in [2.45, 2.75) is 37.9 Å². The molecule has 0 saturated carbocycles. The first-order valence-corrected chi connectivity index (χ1v) is 10.7. The van der Waals surface area contributed by atoms with Gasteiger partial charge in [0.05, 0.1) is 6.04 Å². The maximum atomic E-state index is 13.2. The van der Waals surface area contributed by atoms with E-state index >= 15 is 0 Å². The predicted octanol–water partition coefficient (Wildman–Crippen LogP) is 3.12. The van der Waals surface area contributed by atoms with Gasteiger partial charge >= 0.3 is 6.18 Å². The molecule has 1 atom stereocenters. The average molecular weight is 445 g/mol. The Morgan fingerprint density at radius 3 is 2.56 bits per heavy atom. The maximum absolute atomic E-state index is 13.2. The van der Waals surface area contributed by atoms with Gasteiger partial charge in [0.25, 0.3) is 5.82 Å². The molecular formula is C21H22F3N7O. The molecule has 3 aromatic rings. The highest BCUT2D eigenvalue weighted by Gasteiger charge is 2.38. The summed E-state index contributed by atoms with van der Waals surface area (Å²) in [6.45, 7) is 1.83. The molecule has 3 aromatic heterocycles. The molecule has 1 unspecified atom stereocenters. The summed E-state index contributed by atoms with van der Waals surface area (Å²) in [5.74, 6) is -0.677. The number of piperidine rings is 1. The van der Waals surface area contributed by atoms with Gasteiger partial charge in [0, 0.05) is 37.9 Å². The average Bonchev–Trinajstić information content (AvgIpc) is 3.46. The van der Waals surface area contributed by atoms with E-state index < -0.39 is 12.0 Å². The number of rotatable bonds is 3. The van der Waals surface area contributed by atoms with E-state index in [1.807, 2.05) is 28.1 Å². The maximum Gasteiger partial charge on any atom is 0.453 e. The van der Waals surface area contributed by atoms with Crippen molar-refractivity contribution in [1.82, 2.24) is 29.7 Å². The summed E-state index contributed by atoms with van der Waals surface area (Å²) in [6, 6.07) is 7.08. The number of anilines is 1. The number of alkyl halides is 3. The lowest BCUT2D eigenvalue weighted by atomic mass is 9.94. The smallest absolute Gasteiger partial charge is 0.355 e. The van der Waals surface area contributed by atoms with Gasteiger partial charge in [-0.1, -0.05) is 6.07 Å². The standard InChI is InChI=1S/C21H22F3N7O/c22-21(23,24)20-27-26-17-5-6-18(28-31(17)20)29-11-7-14(8-12-29)19(32)30-10-2-4-16(30)15-3-1-9-25-13-15/h1,3,5-6,9,13-14,16H,2,4,7-8,10-12H2. The van der Waals surface area contributed by atoms with Crippen LogP contribution in [0, 0.1) is 5.92 Å². The number of likely N-dealkylation sites (tertiary alicyclic amines) is 1. The van der Waals surface area contributed by atoms with Gasteiger partial charge in [-0.15, -0.1) is 15.3 Å². The molecule has 2 saturated heterocycles. The topological polar surface area (TPSA) is 79.5 Å². The van der Waals surface area contributed by atoms with Crippen LogP contribution in [0.25, 0.3) is 5.65 Å². The minimum Gasteiger partial charge on any atom is -0.355 e. The van der Waals surface area contributed by atoms with Crippen molar-refractivity contribution in [2.75, 3.05) is 24.5 Å². The zero-order valence-electron chi connectivity index (χ0n) is 17.2. The molecule has 0 bridgehead atoms. The molecule has 2 aliphatic heterocycles. The van der Waals surface area contributed by atoms with Crippen LogP contribution in [0.2, 0.25) is 0 Å². The van der Waals surface area contributed by atoms with Crippen molar-refractivity contribution in [3.8, 4) is 0 Å². The molecule has 5 rings (SSSR count). The van der Waals surface area contributed by atoms with Gasteiger partial charge in [-0.2, -0.15) is 17.7 Å². The molecule has 0 radical (unpaired) electrons. The number of pyridine rings is 1. The van der Waals surface area contributed by atoms with Crippen molar-refractivity contribution in [2.24, 2.45) is 5.92 Å². The largest absolute Gasteiger partial charge is 0.453 e. The van der Waals surface area contributed by atoms with Crippen LogP contribution >= 0.6 is 0 Å². The van der Waals surface area contributed by atoms with Crippen molar-refractivity contribution >= 4 is 17.4 Å². The van der Waals surface area contributed by atoms with Crippen LogP contribution in [0.4, 0.5) is 19.0 Å². The number of fused-ring (bicyclic) bond motifs is 1. The Hall–Kier alpha value is -3.24. The molecule has 8 nitrogen and oxygen atoms in total. The lowest BCUT2D eigenvalue weighted by molar-refractivity contribution is -0.146. The molecule has 1 amide bonds. The highest BCUT2D eigenvalue weighted by Crippen LogP contribution is 2.35. The number of hydrogen-bond donors (Lipinski definition) is 0. The fourth-order valence-corrected chi connectivity index (χ4v) is 4.66. The van der Waals surface area contributed by atoms with Crippen LogP contribution in [0.1, 0.15) is 43.1 Å². The number of carbonyl (C=O) groups is 1. The minimum absolute atomic E-state index is 0.0432. The normalized spacial score (nSPS) is 20.3. The number of aromatic nitrogens is 5. The minimum atomic E-state index is -4.63. The van der Waals surface area contributed by atoms with Gasteiger partial charge in [0.2, 0.25) is 5.91 Å². The van der Waals surface area contributed by atoms with Crippen LogP contribution in [-0.4, -0.2) is 55.2 Å². The Kier molecular flexibility index (Phi) is 5.18. The van der Waals surface area contributed by atoms with Crippen LogP contribution in [-0.2, 0) is 11.0 Å². The highest BCUT2D eigenvalue weighted by atomic mass is 19.4. The first-order valence-electron chi connectivity index (χ1n) is 10.7. The molecule has 0 N–H and O–H groups in total. The van der Waals surface area contributed by atoms with Crippen molar-refractivity contribution in [3.05, 3.63) is 48.0 Å². The molecule has 2 fully saturated rings. The fourth-order valence-electron chi connectivity index (χ4n) is 4.66. The Balaban J connectivity index is 1.27. The number of amides is 1. The monoisotopic (exact) mass is 445 g/mol. The summed E-state index contributed by atoms with van der Waals surface area (Å²) in [5.41, 5.74) is 1.10. The van der Waals surface area contributed by atoms with Gasteiger partial charge in [0.15, 0.2) is 5.65 Å². The van der Waals surface area contributed by atoms with Gasteiger partial charge in [-0.05, 0) is 49.4 Å². The van der Waals surface area contributed by atoms with Gasteiger partial charge in [0.1, 0.15) is 5.82 Å². The molecule has 0 aromatic carbocycles. The van der Waals surface area contributed by atoms with E-state index in [1.165, 1.54) is 6.07 Å². The van der Waals surface area contributed by atoms with Gasteiger partial charge < -0.3 is 9.80 Å². The third-order valence-electron chi connectivity index (χ3n) is 6.28. The number of hydrogen-bond acceptors (Lipinski definition) is 6. The molecule has 0 aliphatic carbocycles. The molecular weight excluding hydrogens is 423 g/mol. The SMILES string of the molecule is O=C(C1CCN(c2ccc3nnc(C(F)(F)F)n3n2)CC1)N1CCCC1c1cccnc1. The first kappa shape index (κ1) is 20.7. The van der Waals surface area contributed by atoms with E-state index in [0.29, 0.717) is 31.7 Å². The molecule has 11 heteroatoms. The lowest BCUT2D eigenvalue weighted by Crippen LogP contribution is -2.42. The first-order chi connectivity index (χ1) is 15.4. The number of carbonyl (C=O) groups excluding carboxylic acids is 1. The molecule has 168 valence electrons. The van der Waals surface area contributed by atoms with Crippen molar-refractivity contribution in [1.29, 1.82) is 0 Å². The van der Waals surface area contributed by atoms with E-state index in [-0.39, 0.29) is 23.5 Å². The molecule has 0 spiro atoms. The van der Waals surface area contributed by atoms with Gasteiger partial charge in [-0.25, -0.2) is 0 Å². The number of nitrogens with zero attached hydrogens (tertiary/aromatic N) is 7. The fraction of sp³-hybridized carbons (Fsp3) is 0.476. The van der Waals surface area contributed by atoms with E-state index in [4.69, 9.17) is 0 Å². The third kappa shape index (κ3) is 3.76. The predicted molar refractivity (Wildman–Crippen MR) is 109 cm³/mol. The second-order valence-corrected chi connectivity index (χ2v) is 8.22. The lowest BCUT2D eigenvalue weighted by Gasteiger charge is -2.35.